The summed E-state index contributed by atoms with van der Waals surface area (Å²) in [7, 11) is 1.62. The van der Waals surface area contributed by atoms with Crippen LogP contribution in [0.5, 0.6) is 0 Å². The highest BCUT2D eigenvalue weighted by Gasteiger charge is 2.14. The molecule has 2 aromatic rings. The molecule has 1 aromatic heterocycles. The Morgan fingerprint density at radius 3 is 2.80 bits per heavy atom. The summed E-state index contributed by atoms with van der Waals surface area (Å²) in [6.45, 7) is 2.46. The van der Waals surface area contributed by atoms with Gasteiger partial charge >= 0.3 is 5.97 Å². The Morgan fingerprint density at radius 2 is 2.15 bits per heavy atom. The minimum absolute atomic E-state index is 0.117. The Labute approximate surface area is 122 Å². The molecule has 0 saturated heterocycles. The number of aromatic nitrogens is 1. The number of carboxylic acid groups (broad SMARTS) is 1. The van der Waals surface area contributed by atoms with Crippen LogP contribution < -0.4 is 0 Å². The summed E-state index contributed by atoms with van der Waals surface area (Å²) < 4.78 is 5.15. The molecule has 0 atom stereocenters. The van der Waals surface area contributed by atoms with Gasteiger partial charge in [-0.1, -0.05) is 24.3 Å². The van der Waals surface area contributed by atoms with Crippen LogP contribution >= 0.6 is 11.3 Å². The van der Waals surface area contributed by atoms with E-state index in [2.05, 4.69) is 4.98 Å². The monoisotopic (exact) mass is 291 g/mol. The van der Waals surface area contributed by atoms with Crippen LogP contribution in [0.3, 0.4) is 0 Å². The highest BCUT2D eigenvalue weighted by atomic mass is 32.1. The fourth-order valence-corrected chi connectivity index (χ4v) is 3.13. The molecule has 106 valence electrons. The average molecular weight is 291 g/mol. The molecular weight excluding hydrogens is 274 g/mol. The van der Waals surface area contributed by atoms with Crippen LogP contribution in [-0.4, -0.2) is 23.2 Å². The first-order chi connectivity index (χ1) is 9.61. The third-order valence-corrected chi connectivity index (χ3v) is 4.19. The van der Waals surface area contributed by atoms with Gasteiger partial charge in [-0.05, 0) is 18.9 Å². The van der Waals surface area contributed by atoms with Crippen molar-refractivity contribution in [3.8, 4) is 10.6 Å². The summed E-state index contributed by atoms with van der Waals surface area (Å²) in [6, 6.07) is 8.06. The van der Waals surface area contributed by atoms with E-state index in [1.807, 2.05) is 31.2 Å². The van der Waals surface area contributed by atoms with E-state index in [1.54, 1.807) is 18.4 Å². The van der Waals surface area contributed by atoms with Gasteiger partial charge in [0.15, 0.2) is 0 Å². The number of rotatable bonds is 6. The molecule has 1 N–H and O–H groups in total. The summed E-state index contributed by atoms with van der Waals surface area (Å²) in [5.74, 6) is -0.792. The van der Waals surface area contributed by atoms with Gasteiger partial charge in [0.25, 0.3) is 0 Å². The third kappa shape index (κ3) is 3.43. The summed E-state index contributed by atoms with van der Waals surface area (Å²) in [4.78, 5) is 16.3. The highest BCUT2D eigenvalue weighted by Crippen LogP contribution is 2.31. The molecule has 4 nitrogen and oxygen atoms in total. The number of hydrogen-bond acceptors (Lipinski definition) is 4. The summed E-state index contributed by atoms with van der Waals surface area (Å²) >= 11 is 1.55. The van der Waals surface area contributed by atoms with Gasteiger partial charge in [-0.15, -0.1) is 11.3 Å². The van der Waals surface area contributed by atoms with Crippen LogP contribution in [-0.2, 0) is 22.6 Å². The summed E-state index contributed by atoms with van der Waals surface area (Å²) in [5, 5.41) is 9.74. The minimum atomic E-state index is -0.792. The average Bonchev–Trinajstić information content (AvgIpc) is 2.80. The van der Waals surface area contributed by atoms with Gasteiger partial charge in [-0.25, -0.2) is 4.98 Å². The number of nitrogens with zero attached hydrogens (tertiary/aromatic N) is 1. The maximum absolute atomic E-state index is 10.7. The molecule has 20 heavy (non-hydrogen) atoms. The predicted octanol–water partition coefficient (Wildman–Crippen LogP) is 3.28. The van der Waals surface area contributed by atoms with Crippen molar-refractivity contribution in [3.63, 3.8) is 0 Å². The molecule has 0 aliphatic heterocycles. The smallest absolute Gasteiger partial charge is 0.303 e. The van der Waals surface area contributed by atoms with E-state index < -0.39 is 5.97 Å². The molecule has 0 radical (unpaired) electrons. The minimum Gasteiger partial charge on any atom is -0.481 e. The molecule has 0 bridgehead atoms. The molecule has 0 spiro atoms. The second-order valence-electron chi connectivity index (χ2n) is 4.53. The lowest BCUT2D eigenvalue weighted by atomic mass is 10.1. The number of benzene rings is 1. The number of carbonyl (C=O) groups is 1. The molecule has 5 heteroatoms. The molecule has 0 fully saturated rings. The zero-order chi connectivity index (χ0) is 14.5. The molecule has 0 amide bonds. The van der Waals surface area contributed by atoms with E-state index in [9.17, 15) is 4.79 Å². The molecule has 1 heterocycles. The third-order valence-electron chi connectivity index (χ3n) is 3.00. The quantitative estimate of drug-likeness (QED) is 0.887. The number of methoxy groups -OCH3 is 1. The molecule has 1 aromatic carbocycles. The zero-order valence-corrected chi connectivity index (χ0v) is 12.4. The molecular formula is C15H17NO3S. The van der Waals surface area contributed by atoms with Crippen molar-refractivity contribution >= 4 is 17.3 Å². The van der Waals surface area contributed by atoms with Crippen molar-refractivity contribution < 1.29 is 14.6 Å². The van der Waals surface area contributed by atoms with Crippen molar-refractivity contribution in [2.75, 3.05) is 7.11 Å². The van der Waals surface area contributed by atoms with E-state index in [4.69, 9.17) is 9.84 Å². The number of ether oxygens (including phenoxy) is 1. The van der Waals surface area contributed by atoms with Gasteiger partial charge in [0.2, 0.25) is 0 Å². The Morgan fingerprint density at radius 1 is 1.40 bits per heavy atom. The number of carboxylic acids is 1. The first-order valence-electron chi connectivity index (χ1n) is 6.37. The maximum Gasteiger partial charge on any atom is 0.303 e. The van der Waals surface area contributed by atoms with Gasteiger partial charge in [-0.2, -0.15) is 0 Å². The van der Waals surface area contributed by atoms with E-state index in [-0.39, 0.29) is 6.42 Å². The number of hydrogen-bond donors (Lipinski definition) is 1. The predicted molar refractivity (Wildman–Crippen MR) is 79.0 cm³/mol. The first-order valence-corrected chi connectivity index (χ1v) is 7.18. The molecule has 0 aliphatic carbocycles. The first kappa shape index (κ1) is 14.7. The summed E-state index contributed by atoms with van der Waals surface area (Å²) in [5.41, 5.74) is 3.10. The van der Waals surface area contributed by atoms with Crippen LogP contribution in [0.25, 0.3) is 10.6 Å². The van der Waals surface area contributed by atoms with Crippen LogP contribution in [0.15, 0.2) is 24.3 Å². The second-order valence-corrected chi connectivity index (χ2v) is 5.61. The standard InChI is InChI=1S/C15H17NO3S/c1-10-5-3-4-6-11(10)15-16-12(9-19-2)13(20-15)7-8-14(17)18/h3-6H,7-9H2,1-2H3,(H,17,18). The number of aryl methyl sites for hydroxylation is 2. The normalized spacial score (nSPS) is 10.7. The van der Waals surface area contributed by atoms with E-state index in [0.29, 0.717) is 13.0 Å². The van der Waals surface area contributed by atoms with Crippen molar-refractivity contribution in [1.29, 1.82) is 0 Å². The van der Waals surface area contributed by atoms with Crippen LogP contribution in [0, 0.1) is 6.92 Å². The van der Waals surface area contributed by atoms with E-state index in [1.165, 1.54) is 0 Å². The Bertz CT molecular complexity index is 607. The lowest BCUT2D eigenvalue weighted by Crippen LogP contribution is -1.99. The highest BCUT2D eigenvalue weighted by molar-refractivity contribution is 7.15. The SMILES string of the molecule is COCc1nc(-c2ccccc2C)sc1CCC(=O)O. The number of aliphatic carboxylic acids is 1. The van der Waals surface area contributed by atoms with Crippen molar-refractivity contribution in [2.24, 2.45) is 0 Å². The van der Waals surface area contributed by atoms with Crippen molar-refractivity contribution in [1.82, 2.24) is 4.98 Å². The van der Waals surface area contributed by atoms with Gasteiger partial charge in [-0.3, -0.25) is 4.79 Å². The van der Waals surface area contributed by atoms with E-state index in [0.717, 1.165) is 26.7 Å². The van der Waals surface area contributed by atoms with Gasteiger partial charge in [0.1, 0.15) is 5.01 Å². The topological polar surface area (TPSA) is 59.4 Å². The van der Waals surface area contributed by atoms with Gasteiger partial charge < -0.3 is 9.84 Å². The second kappa shape index (κ2) is 6.63. The molecule has 0 unspecified atom stereocenters. The Hall–Kier alpha value is -1.72. The van der Waals surface area contributed by atoms with Crippen molar-refractivity contribution in [2.45, 2.75) is 26.4 Å². The lowest BCUT2D eigenvalue weighted by molar-refractivity contribution is -0.136. The van der Waals surface area contributed by atoms with Crippen LogP contribution in [0.1, 0.15) is 22.6 Å². The van der Waals surface area contributed by atoms with Gasteiger partial charge in [0, 0.05) is 17.6 Å². The number of thiazole rings is 1. The summed E-state index contributed by atoms with van der Waals surface area (Å²) in [6.07, 6.45) is 0.615. The van der Waals surface area contributed by atoms with Crippen molar-refractivity contribution in [3.05, 3.63) is 40.4 Å². The van der Waals surface area contributed by atoms with E-state index >= 15 is 0 Å². The Kier molecular flexibility index (Phi) is 4.87. The molecule has 0 aliphatic rings. The van der Waals surface area contributed by atoms with Crippen LogP contribution in [0.4, 0.5) is 0 Å². The maximum atomic E-state index is 10.7. The van der Waals surface area contributed by atoms with Crippen LogP contribution in [0.2, 0.25) is 0 Å². The largest absolute Gasteiger partial charge is 0.481 e. The molecule has 2 rings (SSSR count). The zero-order valence-electron chi connectivity index (χ0n) is 11.5. The fraction of sp³-hybridized carbons (Fsp3) is 0.333. The van der Waals surface area contributed by atoms with Gasteiger partial charge in [0.05, 0.1) is 18.7 Å². The fourth-order valence-electron chi connectivity index (χ4n) is 1.98. The Balaban J connectivity index is 2.33. The lowest BCUT2D eigenvalue weighted by Gasteiger charge is -2.00. The molecule has 0 saturated carbocycles.